The number of carboxylic acids is 2. The molecule has 2 amide bonds. The van der Waals surface area contributed by atoms with E-state index in [1.54, 1.807) is 13.2 Å². The number of aliphatic hydroxyl groups excluding tert-OH is 1. The van der Waals surface area contributed by atoms with Gasteiger partial charge in [-0.2, -0.15) is 11.8 Å². The van der Waals surface area contributed by atoms with E-state index in [4.69, 9.17) is 15.3 Å². The molecule has 10 heteroatoms. The molecule has 0 rings (SSSR count). The molecule has 9 nitrogen and oxygen atoms in total. The van der Waals surface area contributed by atoms with Crippen molar-refractivity contribution in [1.82, 2.24) is 10.6 Å². The fourth-order valence-electron chi connectivity index (χ4n) is 1.65. The van der Waals surface area contributed by atoms with Gasteiger partial charge in [0.05, 0.1) is 6.54 Å². The van der Waals surface area contributed by atoms with E-state index in [1.807, 2.05) is 0 Å². The number of carboxylic acid groups (broad SMARTS) is 2. The summed E-state index contributed by atoms with van der Waals surface area (Å²) in [6, 6.07) is -1.04. The highest BCUT2D eigenvalue weighted by atomic mass is 32.2. The smallest absolute Gasteiger partial charge is 0.334 e. The molecule has 0 bridgehead atoms. The Bertz CT molecular complexity index is 444. The van der Waals surface area contributed by atoms with Gasteiger partial charge in [0, 0.05) is 18.1 Å². The van der Waals surface area contributed by atoms with Crippen molar-refractivity contribution in [3.63, 3.8) is 0 Å². The topological polar surface area (TPSA) is 153 Å². The van der Waals surface area contributed by atoms with Gasteiger partial charge in [-0.3, -0.25) is 9.59 Å². The molecule has 0 aliphatic heterocycles. The van der Waals surface area contributed by atoms with Crippen LogP contribution in [0.3, 0.4) is 0 Å². The van der Waals surface area contributed by atoms with Crippen LogP contribution in [0.25, 0.3) is 0 Å². The quantitative estimate of drug-likeness (QED) is 0.315. The largest absolute Gasteiger partial charge is 0.480 e. The van der Waals surface area contributed by atoms with E-state index in [0.717, 1.165) is 0 Å². The number of thioether (sulfide) groups is 1. The molecule has 23 heavy (non-hydrogen) atoms. The molecule has 0 aliphatic carbocycles. The van der Waals surface area contributed by atoms with Crippen LogP contribution < -0.4 is 10.6 Å². The zero-order valence-electron chi connectivity index (χ0n) is 12.9. The molecular formula is C13H22N2O7S. The van der Waals surface area contributed by atoms with Crippen molar-refractivity contribution in [2.45, 2.75) is 31.9 Å². The summed E-state index contributed by atoms with van der Waals surface area (Å²) in [5.74, 6) is -4.30. The Morgan fingerprint density at radius 2 is 1.74 bits per heavy atom. The molecule has 132 valence electrons. The highest BCUT2D eigenvalue weighted by Crippen LogP contribution is 2.10. The van der Waals surface area contributed by atoms with E-state index in [1.165, 1.54) is 11.8 Å². The van der Waals surface area contributed by atoms with E-state index in [0.29, 0.717) is 6.42 Å². The van der Waals surface area contributed by atoms with E-state index < -0.39 is 48.4 Å². The predicted octanol–water partition coefficient (Wildman–Crippen LogP) is -1.10. The molecule has 0 radical (unpaired) electrons. The molecule has 0 heterocycles. The third-order valence-corrected chi connectivity index (χ3v) is 3.69. The Labute approximate surface area is 137 Å². The first-order chi connectivity index (χ1) is 10.7. The number of carbonyl (C=O) groups is 4. The van der Waals surface area contributed by atoms with Crippen molar-refractivity contribution in [3.8, 4) is 0 Å². The zero-order valence-corrected chi connectivity index (χ0v) is 13.8. The number of amides is 2. The Hall–Kier alpha value is -1.81. The Morgan fingerprint density at radius 3 is 2.17 bits per heavy atom. The first-order valence-electron chi connectivity index (χ1n) is 6.92. The summed E-state index contributed by atoms with van der Waals surface area (Å²) in [6.45, 7) is 1.21. The van der Waals surface area contributed by atoms with Crippen LogP contribution in [-0.4, -0.2) is 69.8 Å². The molecule has 0 aliphatic rings. The van der Waals surface area contributed by atoms with E-state index in [-0.39, 0.29) is 12.2 Å². The second-order valence-electron chi connectivity index (χ2n) is 4.82. The van der Waals surface area contributed by atoms with Crippen molar-refractivity contribution in [1.29, 1.82) is 0 Å². The number of carbonyl (C=O) groups excluding carboxylic acids is 2. The summed E-state index contributed by atoms with van der Waals surface area (Å²) in [6.07, 6.45) is 0.0820. The summed E-state index contributed by atoms with van der Waals surface area (Å²) < 4.78 is 0. The average Bonchev–Trinajstić information content (AvgIpc) is 2.49. The van der Waals surface area contributed by atoms with Crippen LogP contribution in [0.4, 0.5) is 0 Å². The minimum Gasteiger partial charge on any atom is -0.480 e. The third-order valence-electron chi connectivity index (χ3n) is 3.02. The van der Waals surface area contributed by atoms with Gasteiger partial charge in [-0.25, -0.2) is 9.59 Å². The zero-order chi connectivity index (χ0) is 18.0. The molecule has 3 unspecified atom stereocenters. The van der Waals surface area contributed by atoms with Gasteiger partial charge >= 0.3 is 11.9 Å². The summed E-state index contributed by atoms with van der Waals surface area (Å²) in [5.41, 5.74) is 0. The third kappa shape index (κ3) is 8.41. The number of nitrogens with one attached hydrogen (secondary N) is 2. The summed E-state index contributed by atoms with van der Waals surface area (Å²) in [4.78, 5) is 45.1. The molecule has 3 atom stereocenters. The van der Waals surface area contributed by atoms with Gasteiger partial charge in [0.25, 0.3) is 0 Å². The lowest BCUT2D eigenvalue weighted by Gasteiger charge is -2.19. The summed E-state index contributed by atoms with van der Waals surface area (Å²) >= 11 is 1.27. The van der Waals surface area contributed by atoms with Crippen LogP contribution in [0.5, 0.6) is 0 Å². The van der Waals surface area contributed by atoms with Crippen molar-refractivity contribution >= 4 is 35.5 Å². The molecular weight excluding hydrogens is 328 g/mol. The van der Waals surface area contributed by atoms with Crippen LogP contribution in [-0.2, 0) is 19.2 Å². The van der Waals surface area contributed by atoms with Crippen molar-refractivity contribution in [3.05, 3.63) is 0 Å². The summed E-state index contributed by atoms with van der Waals surface area (Å²) in [7, 11) is 0. The van der Waals surface area contributed by atoms with Gasteiger partial charge in [-0.1, -0.05) is 6.92 Å². The molecule has 0 aromatic heterocycles. The Morgan fingerprint density at radius 1 is 1.13 bits per heavy atom. The van der Waals surface area contributed by atoms with Crippen LogP contribution in [0.2, 0.25) is 0 Å². The predicted molar refractivity (Wildman–Crippen MR) is 83.0 cm³/mol. The molecule has 5 N–H and O–H groups in total. The fourth-order valence-corrected chi connectivity index (χ4v) is 2.21. The van der Waals surface area contributed by atoms with Gasteiger partial charge in [0.1, 0.15) is 6.04 Å². The monoisotopic (exact) mass is 350 g/mol. The first kappa shape index (κ1) is 21.2. The number of rotatable bonds is 11. The van der Waals surface area contributed by atoms with Crippen molar-refractivity contribution < 1.29 is 34.5 Å². The minimum absolute atomic E-state index is 0.203. The Kier molecular flexibility index (Phi) is 9.99. The molecule has 0 aromatic rings. The average molecular weight is 350 g/mol. The highest BCUT2D eigenvalue weighted by molar-refractivity contribution is 7.98. The number of aliphatic carboxylic acids is 2. The molecule has 0 fully saturated rings. The van der Waals surface area contributed by atoms with Crippen molar-refractivity contribution in [2.75, 3.05) is 18.6 Å². The maximum absolute atomic E-state index is 12.0. The van der Waals surface area contributed by atoms with E-state index >= 15 is 0 Å². The SMILES string of the molecule is CCC(CC(=O)NCC(O)C(=O)O)C(=O)NC(CSC)C(=O)O. The summed E-state index contributed by atoms with van der Waals surface area (Å²) in [5, 5.41) is 31.1. The molecule has 0 saturated carbocycles. The number of hydrogen-bond donors (Lipinski definition) is 5. The van der Waals surface area contributed by atoms with Crippen molar-refractivity contribution in [2.24, 2.45) is 5.92 Å². The second-order valence-corrected chi connectivity index (χ2v) is 5.73. The van der Waals surface area contributed by atoms with Gasteiger partial charge < -0.3 is 26.0 Å². The molecule has 0 saturated heterocycles. The normalized spacial score (nSPS) is 14.4. The van der Waals surface area contributed by atoms with Gasteiger partial charge in [-0.15, -0.1) is 0 Å². The maximum atomic E-state index is 12.0. The number of aliphatic hydroxyl groups is 1. The number of hydrogen-bond acceptors (Lipinski definition) is 6. The highest BCUT2D eigenvalue weighted by Gasteiger charge is 2.26. The maximum Gasteiger partial charge on any atom is 0.334 e. The van der Waals surface area contributed by atoms with Crippen LogP contribution in [0.1, 0.15) is 19.8 Å². The fraction of sp³-hybridized carbons (Fsp3) is 0.692. The molecule has 0 spiro atoms. The van der Waals surface area contributed by atoms with E-state index in [9.17, 15) is 19.2 Å². The first-order valence-corrected chi connectivity index (χ1v) is 8.31. The second kappa shape index (κ2) is 10.8. The Balaban J connectivity index is 4.51. The van der Waals surface area contributed by atoms with Crippen LogP contribution >= 0.6 is 11.8 Å². The van der Waals surface area contributed by atoms with Gasteiger partial charge in [-0.05, 0) is 12.7 Å². The van der Waals surface area contributed by atoms with Crippen LogP contribution in [0, 0.1) is 5.92 Å². The van der Waals surface area contributed by atoms with Gasteiger partial charge in [0.15, 0.2) is 6.10 Å². The lowest BCUT2D eigenvalue weighted by molar-refractivity contribution is -0.146. The minimum atomic E-state index is -1.72. The lowest BCUT2D eigenvalue weighted by Crippen LogP contribution is -2.46. The van der Waals surface area contributed by atoms with E-state index in [2.05, 4.69) is 10.6 Å². The van der Waals surface area contributed by atoms with Crippen LogP contribution in [0.15, 0.2) is 0 Å². The molecule has 0 aromatic carbocycles. The van der Waals surface area contributed by atoms with Gasteiger partial charge in [0.2, 0.25) is 11.8 Å². The standard InChI is InChI=1S/C13H22N2O7S/c1-3-7(4-10(17)14-5-9(16)13(21)22)11(18)15-8(6-23-2)12(19)20/h7-9,16H,3-6H2,1-2H3,(H,14,17)(H,15,18)(H,19,20)(H,21,22). The lowest BCUT2D eigenvalue weighted by atomic mass is 10.0.